The van der Waals surface area contributed by atoms with E-state index in [4.69, 9.17) is 0 Å². The number of nitrogens with one attached hydrogen (secondary N) is 1. The van der Waals surface area contributed by atoms with Crippen LogP contribution in [0.3, 0.4) is 0 Å². The Hall–Kier alpha value is -2.48. The topological polar surface area (TPSA) is 103 Å². The SMILES string of the molecule is O=C(O)C1c2ccsc2CCN1C(=O)c1ccc(=O)[nH]n1. The number of aromatic amines is 1. The molecule has 2 aromatic heterocycles. The van der Waals surface area contributed by atoms with Gasteiger partial charge in [0.1, 0.15) is 5.69 Å². The maximum Gasteiger partial charge on any atom is 0.331 e. The highest BCUT2D eigenvalue weighted by Gasteiger charge is 2.37. The van der Waals surface area contributed by atoms with Crippen molar-refractivity contribution in [2.75, 3.05) is 6.54 Å². The minimum Gasteiger partial charge on any atom is -0.479 e. The second kappa shape index (κ2) is 5.13. The molecule has 3 heterocycles. The third-order valence-electron chi connectivity index (χ3n) is 3.36. The number of fused-ring (bicyclic) bond motifs is 1. The first-order valence-corrected chi connectivity index (χ1v) is 7.11. The summed E-state index contributed by atoms with van der Waals surface area (Å²) in [5.74, 6) is -1.58. The van der Waals surface area contributed by atoms with Crippen molar-refractivity contribution < 1.29 is 14.7 Å². The number of carboxylic acids is 1. The molecule has 1 amide bonds. The number of aromatic nitrogens is 2. The summed E-state index contributed by atoms with van der Waals surface area (Å²) in [5, 5.41) is 17.1. The number of hydrogen-bond acceptors (Lipinski definition) is 5. The molecule has 2 aromatic rings. The van der Waals surface area contributed by atoms with Gasteiger partial charge in [0, 0.05) is 17.5 Å². The van der Waals surface area contributed by atoms with Crippen molar-refractivity contribution in [1.29, 1.82) is 0 Å². The van der Waals surface area contributed by atoms with Gasteiger partial charge in [-0.1, -0.05) is 0 Å². The van der Waals surface area contributed by atoms with E-state index in [1.807, 2.05) is 5.38 Å². The maximum atomic E-state index is 12.4. The van der Waals surface area contributed by atoms with Crippen LogP contribution in [0.2, 0.25) is 0 Å². The van der Waals surface area contributed by atoms with E-state index >= 15 is 0 Å². The average Bonchev–Trinajstić information content (AvgIpc) is 2.94. The molecule has 1 aliphatic rings. The Kier molecular flexibility index (Phi) is 3.30. The van der Waals surface area contributed by atoms with E-state index in [0.717, 1.165) is 4.88 Å². The van der Waals surface area contributed by atoms with Crippen molar-refractivity contribution in [3.8, 4) is 0 Å². The number of hydrogen-bond donors (Lipinski definition) is 2. The molecule has 0 radical (unpaired) electrons. The van der Waals surface area contributed by atoms with Crippen LogP contribution in [0.5, 0.6) is 0 Å². The predicted molar refractivity (Wildman–Crippen MR) is 74.3 cm³/mol. The normalized spacial score (nSPS) is 17.3. The van der Waals surface area contributed by atoms with Gasteiger partial charge >= 0.3 is 5.97 Å². The van der Waals surface area contributed by atoms with Gasteiger partial charge in [-0.15, -0.1) is 11.3 Å². The van der Waals surface area contributed by atoms with Gasteiger partial charge < -0.3 is 10.0 Å². The third-order valence-corrected chi connectivity index (χ3v) is 4.36. The summed E-state index contributed by atoms with van der Waals surface area (Å²) >= 11 is 1.49. The highest BCUT2D eigenvalue weighted by atomic mass is 32.1. The number of rotatable bonds is 2. The molecule has 8 heteroatoms. The number of amides is 1. The lowest BCUT2D eigenvalue weighted by Crippen LogP contribution is -2.43. The van der Waals surface area contributed by atoms with Crippen LogP contribution in [-0.2, 0) is 11.2 Å². The summed E-state index contributed by atoms with van der Waals surface area (Å²) in [6.07, 6.45) is 0.617. The lowest BCUT2D eigenvalue weighted by molar-refractivity contribution is -0.142. The van der Waals surface area contributed by atoms with Crippen molar-refractivity contribution in [2.24, 2.45) is 0 Å². The molecule has 7 nitrogen and oxygen atoms in total. The highest BCUT2D eigenvalue weighted by Crippen LogP contribution is 2.34. The minimum absolute atomic E-state index is 0.0273. The van der Waals surface area contributed by atoms with Gasteiger partial charge in [-0.2, -0.15) is 5.10 Å². The summed E-state index contributed by atoms with van der Waals surface area (Å²) in [6.45, 7) is 0.310. The van der Waals surface area contributed by atoms with Gasteiger partial charge in [0.05, 0.1) is 0 Å². The van der Waals surface area contributed by atoms with Crippen LogP contribution in [0.1, 0.15) is 27.0 Å². The fourth-order valence-corrected chi connectivity index (χ4v) is 3.32. The van der Waals surface area contributed by atoms with Crippen LogP contribution in [0.4, 0.5) is 0 Å². The zero-order chi connectivity index (χ0) is 15.0. The number of carbonyl (C=O) groups excluding carboxylic acids is 1. The number of aliphatic carboxylic acids is 1. The van der Waals surface area contributed by atoms with E-state index < -0.39 is 23.5 Å². The lowest BCUT2D eigenvalue weighted by atomic mass is 9.99. The second-order valence-corrected chi connectivity index (χ2v) is 5.60. The summed E-state index contributed by atoms with van der Waals surface area (Å²) in [5.41, 5.74) is 0.260. The van der Waals surface area contributed by atoms with Gasteiger partial charge in [0.15, 0.2) is 6.04 Å². The minimum atomic E-state index is -1.08. The van der Waals surface area contributed by atoms with E-state index in [1.165, 1.54) is 28.4 Å². The summed E-state index contributed by atoms with van der Waals surface area (Å²) < 4.78 is 0. The Morgan fingerprint density at radius 2 is 2.19 bits per heavy atom. The van der Waals surface area contributed by atoms with Gasteiger partial charge in [0.25, 0.3) is 11.5 Å². The lowest BCUT2D eigenvalue weighted by Gasteiger charge is -2.32. The summed E-state index contributed by atoms with van der Waals surface area (Å²) in [7, 11) is 0. The molecule has 108 valence electrons. The molecular formula is C13H11N3O4S. The Morgan fingerprint density at radius 1 is 1.38 bits per heavy atom. The molecule has 0 saturated carbocycles. The third kappa shape index (κ3) is 2.33. The monoisotopic (exact) mass is 305 g/mol. The first kappa shape index (κ1) is 13.5. The molecule has 3 rings (SSSR count). The van der Waals surface area contributed by atoms with Gasteiger partial charge in [-0.3, -0.25) is 9.59 Å². The fourth-order valence-electron chi connectivity index (χ4n) is 2.41. The number of carbonyl (C=O) groups is 2. The molecule has 0 saturated heterocycles. The predicted octanol–water partition coefficient (Wildman–Crippen LogP) is 0.656. The summed E-state index contributed by atoms with van der Waals surface area (Å²) in [4.78, 5) is 37.2. The number of carboxylic acid groups (broad SMARTS) is 1. The zero-order valence-electron chi connectivity index (χ0n) is 10.8. The molecule has 0 aliphatic carbocycles. The Balaban J connectivity index is 1.98. The average molecular weight is 305 g/mol. The largest absolute Gasteiger partial charge is 0.479 e. The van der Waals surface area contributed by atoms with E-state index in [2.05, 4.69) is 10.2 Å². The van der Waals surface area contributed by atoms with Crippen LogP contribution >= 0.6 is 11.3 Å². The van der Waals surface area contributed by atoms with Crippen LogP contribution in [0.25, 0.3) is 0 Å². The van der Waals surface area contributed by atoms with Gasteiger partial charge in [-0.05, 0) is 29.5 Å². The highest BCUT2D eigenvalue weighted by molar-refractivity contribution is 7.10. The van der Waals surface area contributed by atoms with Crippen molar-refractivity contribution in [3.05, 3.63) is 50.1 Å². The Labute approximate surface area is 122 Å². The molecule has 0 bridgehead atoms. The molecule has 0 aromatic carbocycles. The molecule has 0 fully saturated rings. The quantitative estimate of drug-likeness (QED) is 0.848. The van der Waals surface area contributed by atoms with Crippen molar-refractivity contribution in [3.63, 3.8) is 0 Å². The number of thiophene rings is 1. The summed E-state index contributed by atoms with van der Waals surface area (Å²) in [6, 6.07) is 3.21. The number of H-pyrrole nitrogens is 1. The first-order valence-electron chi connectivity index (χ1n) is 6.23. The molecule has 0 spiro atoms. The van der Waals surface area contributed by atoms with Crippen LogP contribution in [0.15, 0.2) is 28.4 Å². The fraction of sp³-hybridized carbons (Fsp3) is 0.231. The second-order valence-electron chi connectivity index (χ2n) is 4.59. The van der Waals surface area contributed by atoms with Crippen LogP contribution in [-0.4, -0.2) is 38.6 Å². The standard InChI is InChI=1S/C13H11N3O4S/c17-10-2-1-8(14-15-10)12(18)16-5-3-9-7(4-6-21-9)11(16)13(19)20/h1-2,4,6,11H,3,5H2,(H,15,17)(H,19,20). The molecule has 2 N–H and O–H groups in total. The number of nitrogens with zero attached hydrogens (tertiary/aromatic N) is 2. The van der Waals surface area contributed by atoms with Crippen LogP contribution in [0, 0.1) is 0 Å². The van der Waals surface area contributed by atoms with Crippen molar-refractivity contribution in [2.45, 2.75) is 12.5 Å². The van der Waals surface area contributed by atoms with E-state index in [0.29, 0.717) is 18.5 Å². The molecule has 1 atom stereocenters. The van der Waals surface area contributed by atoms with Gasteiger partial charge in [-0.25, -0.2) is 9.89 Å². The smallest absolute Gasteiger partial charge is 0.331 e. The maximum absolute atomic E-state index is 12.4. The van der Waals surface area contributed by atoms with Crippen LogP contribution < -0.4 is 5.56 Å². The Morgan fingerprint density at radius 3 is 2.86 bits per heavy atom. The van der Waals surface area contributed by atoms with E-state index in [9.17, 15) is 19.5 Å². The molecule has 1 unspecified atom stereocenters. The first-order chi connectivity index (χ1) is 10.1. The van der Waals surface area contributed by atoms with E-state index in [-0.39, 0.29) is 5.69 Å². The molecular weight excluding hydrogens is 294 g/mol. The zero-order valence-corrected chi connectivity index (χ0v) is 11.6. The molecule has 21 heavy (non-hydrogen) atoms. The Bertz CT molecular complexity index is 746. The van der Waals surface area contributed by atoms with Crippen molar-refractivity contribution in [1.82, 2.24) is 15.1 Å². The molecule has 1 aliphatic heterocycles. The van der Waals surface area contributed by atoms with Crippen molar-refractivity contribution >= 4 is 23.2 Å². The van der Waals surface area contributed by atoms with E-state index in [1.54, 1.807) is 6.07 Å². The van der Waals surface area contributed by atoms with Gasteiger partial charge in [0.2, 0.25) is 0 Å².